The van der Waals surface area contributed by atoms with Gasteiger partial charge in [-0.3, -0.25) is 4.79 Å². The molecule has 70 valence electrons. The smallest absolute Gasteiger partial charge is 0.245 e. The molecule has 0 unspecified atom stereocenters. The van der Waals surface area contributed by atoms with Gasteiger partial charge in [-0.2, -0.15) is 0 Å². The lowest BCUT2D eigenvalue weighted by molar-refractivity contribution is -0.125. The van der Waals surface area contributed by atoms with E-state index in [-0.39, 0.29) is 5.91 Å². The highest BCUT2D eigenvalue weighted by Crippen LogP contribution is 1.85. The molecule has 0 aliphatic rings. The number of nitrogens with zero attached hydrogens (tertiary/aromatic N) is 1. The van der Waals surface area contributed by atoms with E-state index >= 15 is 0 Å². The maximum atomic E-state index is 10.9. The van der Waals surface area contributed by atoms with E-state index in [0.717, 1.165) is 0 Å². The Morgan fingerprint density at radius 3 is 2.83 bits per heavy atom. The molecule has 0 aromatic heterocycles. The highest BCUT2D eigenvalue weighted by Gasteiger charge is 2.01. The molecule has 0 radical (unpaired) electrons. The monoisotopic (exact) mass is 172 g/mol. The van der Waals surface area contributed by atoms with Crippen molar-refractivity contribution < 1.29 is 9.53 Å². The highest BCUT2D eigenvalue weighted by atomic mass is 16.5. The van der Waals surface area contributed by atoms with E-state index in [0.29, 0.717) is 26.3 Å². The van der Waals surface area contributed by atoms with E-state index in [9.17, 15) is 4.79 Å². The predicted octanol–water partition coefficient (Wildman–Crippen LogP) is -0.394. The van der Waals surface area contributed by atoms with Crippen LogP contribution in [0.15, 0.2) is 12.7 Å². The first-order valence-corrected chi connectivity index (χ1v) is 3.87. The van der Waals surface area contributed by atoms with Gasteiger partial charge in [0.1, 0.15) is 0 Å². The van der Waals surface area contributed by atoms with E-state index in [1.807, 2.05) is 0 Å². The fraction of sp³-hybridized carbons (Fsp3) is 0.625. The molecule has 0 atom stereocenters. The van der Waals surface area contributed by atoms with Crippen LogP contribution in [-0.2, 0) is 9.53 Å². The topological polar surface area (TPSA) is 55.6 Å². The first kappa shape index (κ1) is 11.1. The summed E-state index contributed by atoms with van der Waals surface area (Å²) in [5.41, 5.74) is 5.21. The minimum atomic E-state index is -0.0913. The molecule has 0 aliphatic carbocycles. The molecule has 0 aromatic rings. The van der Waals surface area contributed by atoms with Crippen LogP contribution < -0.4 is 5.73 Å². The molecule has 12 heavy (non-hydrogen) atoms. The number of amides is 1. The van der Waals surface area contributed by atoms with E-state index in [1.165, 1.54) is 6.08 Å². The molecular formula is C8H16N2O2. The van der Waals surface area contributed by atoms with Crippen LogP contribution in [0.2, 0.25) is 0 Å². The van der Waals surface area contributed by atoms with Crippen molar-refractivity contribution in [1.29, 1.82) is 0 Å². The molecule has 0 heterocycles. The number of carbonyl (C=O) groups is 1. The summed E-state index contributed by atoms with van der Waals surface area (Å²) in [5.74, 6) is -0.0913. The van der Waals surface area contributed by atoms with Gasteiger partial charge in [-0.25, -0.2) is 0 Å². The minimum Gasteiger partial charge on any atom is -0.378 e. The largest absolute Gasteiger partial charge is 0.378 e. The van der Waals surface area contributed by atoms with E-state index in [2.05, 4.69) is 6.58 Å². The van der Waals surface area contributed by atoms with Gasteiger partial charge in [0.05, 0.1) is 13.2 Å². The molecule has 4 heteroatoms. The zero-order valence-electron chi connectivity index (χ0n) is 7.45. The molecule has 0 aliphatic heterocycles. The molecule has 0 fully saturated rings. The molecule has 0 rings (SSSR count). The van der Waals surface area contributed by atoms with Crippen LogP contribution in [0, 0.1) is 0 Å². The Kier molecular flexibility index (Phi) is 6.32. The van der Waals surface area contributed by atoms with Crippen molar-refractivity contribution in [3.05, 3.63) is 12.7 Å². The second-order valence-electron chi connectivity index (χ2n) is 2.36. The molecule has 0 saturated carbocycles. The maximum absolute atomic E-state index is 10.9. The minimum absolute atomic E-state index is 0.0913. The summed E-state index contributed by atoms with van der Waals surface area (Å²) < 4.78 is 5.09. The third kappa shape index (κ3) is 4.87. The average molecular weight is 172 g/mol. The normalized spacial score (nSPS) is 9.50. The van der Waals surface area contributed by atoms with Gasteiger partial charge in [0.25, 0.3) is 0 Å². The van der Waals surface area contributed by atoms with Crippen molar-refractivity contribution in [2.75, 3.05) is 33.4 Å². The Bertz CT molecular complexity index is 148. The van der Waals surface area contributed by atoms with Gasteiger partial charge in [-0.1, -0.05) is 6.58 Å². The summed E-state index contributed by atoms with van der Waals surface area (Å²) in [7, 11) is 1.70. The Balaban J connectivity index is 3.37. The quantitative estimate of drug-likeness (QED) is 0.438. The van der Waals surface area contributed by atoms with E-state index < -0.39 is 0 Å². The lowest BCUT2D eigenvalue weighted by Crippen LogP contribution is -2.28. The van der Waals surface area contributed by atoms with Gasteiger partial charge in [-0.05, 0) is 6.08 Å². The average Bonchev–Trinajstić information content (AvgIpc) is 2.10. The summed E-state index contributed by atoms with van der Waals surface area (Å²) in [4.78, 5) is 12.4. The molecule has 0 bridgehead atoms. The van der Waals surface area contributed by atoms with Gasteiger partial charge < -0.3 is 15.4 Å². The van der Waals surface area contributed by atoms with Crippen molar-refractivity contribution in [3.63, 3.8) is 0 Å². The summed E-state index contributed by atoms with van der Waals surface area (Å²) in [6.07, 6.45) is 1.28. The number of hydrogen-bond acceptors (Lipinski definition) is 3. The second kappa shape index (κ2) is 6.82. The molecule has 0 saturated heterocycles. The summed E-state index contributed by atoms with van der Waals surface area (Å²) >= 11 is 0. The van der Waals surface area contributed by atoms with Gasteiger partial charge in [-0.15, -0.1) is 0 Å². The first-order chi connectivity index (χ1) is 5.72. The summed E-state index contributed by atoms with van der Waals surface area (Å²) in [5, 5.41) is 0. The Morgan fingerprint density at radius 1 is 1.67 bits per heavy atom. The van der Waals surface area contributed by atoms with Crippen molar-refractivity contribution in [2.24, 2.45) is 5.73 Å². The molecule has 1 amide bonds. The second-order valence-corrected chi connectivity index (χ2v) is 2.36. The van der Waals surface area contributed by atoms with Crippen LogP contribution in [0.1, 0.15) is 0 Å². The van der Waals surface area contributed by atoms with E-state index in [1.54, 1.807) is 11.9 Å². The lowest BCUT2D eigenvalue weighted by Gasteiger charge is -2.14. The van der Waals surface area contributed by atoms with Crippen LogP contribution >= 0.6 is 0 Å². The first-order valence-electron chi connectivity index (χ1n) is 3.87. The number of rotatable bonds is 6. The standard InChI is InChI=1S/C8H16N2O2/c1-3-8(11)10(2)5-7-12-6-4-9/h3H,1,4-7,9H2,2H3. The van der Waals surface area contributed by atoms with E-state index in [4.69, 9.17) is 10.5 Å². The molecule has 0 spiro atoms. The van der Waals surface area contributed by atoms with Crippen LogP contribution in [0.5, 0.6) is 0 Å². The lowest BCUT2D eigenvalue weighted by atomic mass is 10.5. The van der Waals surface area contributed by atoms with Crippen LogP contribution in [0.25, 0.3) is 0 Å². The third-order valence-corrected chi connectivity index (χ3v) is 1.38. The van der Waals surface area contributed by atoms with Crippen molar-refractivity contribution in [3.8, 4) is 0 Å². The van der Waals surface area contributed by atoms with Crippen molar-refractivity contribution in [2.45, 2.75) is 0 Å². The van der Waals surface area contributed by atoms with Crippen molar-refractivity contribution in [1.82, 2.24) is 4.90 Å². The van der Waals surface area contributed by atoms with Gasteiger partial charge in [0.15, 0.2) is 0 Å². The van der Waals surface area contributed by atoms with Crippen LogP contribution in [0.4, 0.5) is 0 Å². The Labute approximate surface area is 73.0 Å². The zero-order valence-corrected chi connectivity index (χ0v) is 7.45. The van der Waals surface area contributed by atoms with Crippen LogP contribution in [0.3, 0.4) is 0 Å². The maximum Gasteiger partial charge on any atom is 0.245 e. The Morgan fingerprint density at radius 2 is 2.33 bits per heavy atom. The summed E-state index contributed by atoms with van der Waals surface area (Å²) in [6, 6.07) is 0. The number of nitrogens with two attached hydrogens (primary N) is 1. The van der Waals surface area contributed by atoms with Crippen LogP contribution in [-0.4, -0.2) is 44.2 Å². The zero-order chi connectivity index (χ0) is 9.40. The molecular weight excluding hydrogens is 156 g/mol. The van der Waals surface area contributed by atoms with Gasteiger partial charge in [0, 0.05) is 20.1 Å². The SMILES string of the molecule is C=CC(=O)N(C)CCOCCN. The van der Waals surface area contributed by atoms with Gasteiger partial charge >= 0.3 is 0 Å². The van der Waals surface area contributed by atoms with Crippen molar-refractivity contribution >= 4 is 5.91 Å². The number of carbonyl (C=O) groups excluding carboxylic acids is 1. The highest BCUT2D eigenvalue weighted by molar-refractivity contribution is 5.86. The molecule has 4 nitrogen and oxygen atoms in total. The molecule has 0 aromatic carbocycles. The molecule has 2 N–H and O–H groups in total. The predicted molar refractivity (Wildman–Crippen MR) is 47.7 cm³/mol. The number of ether oxygens (including phenoxy) is 1. The number of likely N-dealkylation sites (N-methyl/N-ethyl adjacent to an activating group) is 1. The fourth-order valence-electron chi connectivity index (χ4n) is 0.653. The number of hydrogen-bond donors (Lipinski definition) is 1. The summed E-state index contributed by atoms with van der Waals surface area (Å²) in [6.45, 7) is 5.52. The third-order valence-electron chi connectivity index (χ3n) is 1.38. The van der Waals surface area contributed by atoms with Gasteiger partial charge in [0.2, 0.25) is 5.91 Å². The Hall–Kier alpha value is -0.870. The fourth-order valence-corrected chi connectivity index (χ4v) is 0.653.